The molecule has 1 aliphatic rings. The van der Waals surface area contributed by atoms with E-state index in [-0.39, 0.29) is 6.04 Å². The number of aliphatic imine (C=N–C) groups is 1. The van der Waals surface area contributed by atoms with Crippen LogP contribution in [0.4, 0.5) is 5.69 Å². The van der Waals surface area contributed by atoms with Crippen molar-refractivity contribution < 1.29 is 4.74 Å². The molecule has 2 N–H and O–H groups in total. The predicted molar refractivity (Wildman–Crippen MR) is 72.5 cm³/mol. The van der Waals surface area contributed by atoms with Crippen LogP contribution in [0.5, 0.6) is 0 Å². The van der Waals surface area contributed by atoms with Gasteiger partial charge in [-0.2, -0.15) is 0 Å². The average molecular weight is 238 g/mol. The quantitative estimate of drug-likeness (QED) is 0.818. The Morgan fingerprint density at radius 3 is 2.50 bits per heavy atom. The third-order valence-corrected chi connectivity index (χ3v) is 3.03. The fraction of sp³-hybridized carbons (Fsp3) is 0.133. The van der Waals surface area contributed by atoms with Gasteiger partial charge in [0, 0.05) is 5.69 Å². The van der Waals surface area contributed by atoms with E-state index in [0.717, 1.165) is 5.56 Å². The molecule has 0 saturated carbocycles. The molecule has 2 aromatic carbocycles. The van der Waals surface area contributed by atoms with E-state index in [0.29, 0.717) is 18.2 Å². The first-order chi connectivity index (χ1) is 8.84. The third-order valence-electron chi connectivity index (χ3n) is 3.03. The Bertz CT molecular complexity index is 578. The van der Waals surface area contributed by atoms with E-state index in [1.807, 2.05) is 42.5 Å². The fourth-order valence-corrected chi connectivity index (χ4v) is 2.06. The van der Waals surface area contributed by atoms with E-state index in [9.17, 15) is 0 Å². The molecule has 0 radical (unpaired) electrons. The van der Waals surface area contributed by atoms with Crippen molar-refractivity contribution in [2.24, 2.45) is 4.99 Å². The molecule has 0 bridgehead atoms. The molecule has 1 unspecified atom stereocenters. The molecule has 0 amide bonds. The Morgan fingerprint density at radius 1 is 1.00 bits per heavy atom. The molecule has 0 aliphatic carbocycles. The molecule has 3 heteroatoms. The Balaban J connectivity index is 1.91. The molecule has 18 heavy (non-hydrogen) atoms. The highest BCUT2D eigenvalue weighted by atomic mass is 16.5. The number of hydrogen-bond acceptors (Lipinski definition) is 3. The van der Waals surface area contributed by atoms with Crippen LogP contribution in [0.1, 0.15) is 17.2 Å². The van der Waals surface area contributed by atoms with E-state index < -0.39 is 0 Å². The zero-order valence-electron chi connectivity index (χ0n) is 9.91. The summed E-state index contributed by atoms with van der Waals surface area (Å²) < 4.78 is 5.66. The van der Waals surface area contributed by atoms with Crippen molar-refractivity contribution >= 4 is 11.6 Å². The lowest BCUT2D eigenvalue weighted by molar-refractivity contribution is 0.320. The molecule has 1 aliphatic heterocycles. The summed E-state index contributed by atoms with van der Waals surface area (Å²) in [5.41, 5.74) is 8.66. The van der Waals surface area contributed by atoms with E-state index in [2.05, 4.69) is 17.1 Å². The van der Waals surface area contributed by atoms with Gasteiger partial charge in [0.1, 0.15) is 12.6 Å². The molecule has 3 nitrogen and oxygen atoms in total. The zero-order chi connectivity index (χ0) is 12.4. The lowest BCUT2D eigenvalue weighted by Crippen LogP contribution is -2.04. The van der Waals surface area contributed by atoms with Crippen molar-refractivity contribution in [3.8, 4) is 0 Å². The van der Waals surface area contributed by atoms with Gasteiger partial charge in [-0.3, -0.25) is 0 Å². The van der Waals surface area contributed by atoms with Crippen LogP contribution in [-0.2, 0) is 4.74 Å². The van der Waals surface area contributed by atoms with Gasteiger partial charge < -0.3 is 10.5 Å². The highest BCUT2D eigenvalue weighted by Gasteiger charge is 2.22. The smallest absolute Gasteiger partial charge is 0.219 e. The van der Waals surface area contributed by atoms with Gasteiger partial charge in [-0.25, -0.2) is 4.99 Å². The molecule has 0 saturated heterocycles. The second-order valence-corrected chi connectivity index (χ2v) is 4.26. The number of ether oxygens (including phenoxy) is 1. The van der Waals surface area contributed by atoms with Crippen molar-refractivity contribution in [3.05, 3.63) is 65.7 Å². The van der Waals surface area contributed by atoms with E-state index in [4.69, 9.17) is 10.5 Å². The number of nitrogens with zero attached hydrogens (tertiary/aromatic N) is 1. The molecular formula is C15H14N2O. The number of anilines is 1. The first-order valence-electron chi connectivity index (χ1n) is 5.95. The summed E-state index contributed by atoms with van der Waals surface area (Å²) in [7, 11) is 0. The van der Waals surface area contributed by atoms with Gasteiger partial charge in [0.25, 0.3) is 0 Å². The van der Waals surface area contributed by atoms with Gasteiger partial charge in [0.05, 0.1) is 5.56 Å². The number of para-hydroxylation sites is 1. The van der Waals surface area contributed by atoms with Crippen molar-refractivity contribution in [2.45, 2.75) is 6.04 Å². The van der Waals surface area contributed by atoms with Crippen LogP contribution in [0.2, 0.25) is 0 Å². The van der Waals surface area contributed by atoms with Gasteiger partial charge in [0.2, 0.25) is 5.90 Å². The summed E-state index contributed by atoms with van der Waals surface area (Å²) >= 11 is 0. The molecule has 1 heterocycles. The minimum absolute atomic E-state index is 0.0702. The standard InChI is InChI=1S/C15H14N2O/c16-13-9-5-4-8-12(13)15-17-14(10-18-15)11-6-2-1-3-7-11/h1-9,14H,10,16H2. The maximum Gasteiger partial charge on any atom is 0.219 e. The summed E-state index contributed by atoms with van der Waals surface area (Å²) in [5, 5.41) is 0. The molecule has 2 aromatic rings. The molecule has 0 aromatic heterocycles. The highest BCUT2D eigenvalue weighted by molar-refractivity contribution is 5.99. The minimum Gasteiger partial charge on any atom is -0.475 e. The summed E-state index contributed by atoms with van der Waals surface area (Å²) in [5.74, 6) is 0.641. The SMILES string of the molecule is Nc1ccccc1C1=NC(c2ccccc2)CO1. The first kappa shape index (κ1) is 10.8. The summed E-state index contributed by atoms with van der Waals surface area (Å²) in [4.78, 5) is 4.60. The summed E-state index contributed by atoms with van der Waals surface area (Å²) in [6.45, 7) is 0.577. The lowest BCUT2D eigenvalue weighted by Gasteiger charge is -2.04. The number of rotatable bonds is 2. The molecular weight excluding hydrogens is 224 g/mol. The number of nitrogen functional groups attached to an aromatic ring is 1. The van der Waals surface area contributed by atoms with Gasteiger partial charge in [-0.1, -0.05) is 42.5 Å². The fourth-order valence-electron chi connectivity index (χ4n) is 2.06. The van der Waals surface area contributed by atoms with Gasteiger partial charge in [-0.05, 0) is 17.7 Å². The maximum absolute atomic E-state index is 5.92. The van der Waals surface area contributed by atoms with Crippen LogP contribution >= 0.6 is 0 Å². The molecule has 0 spiro atoms. The Morgan fingerprint density at radius 2 is 1.72 bits per heavy atom. The predicted octanol–water partition coefficient (Wildman–Crippen LogP) is 2.79. The van der Waals surface area contributed by atoms with Crippen LogP contribution < -0.4 is 5.73 Å². The minimum atomic E-state index is 0.0702. The molecule has 1 atom stereocenters. The Kier molecular flexibility index (Phi) is 2.73. The highest BCUT2D eigenvalue weighted by Crippen LogP contribution is 2.26. The number of benzene rings is 2. The normalized spacial score (nSPS) is 18.2. The maximum atomic E-state index is 5.92. The number of hydrogen-bond donors (Lipinski definition) is 1. The first-order valence-corrected chi connectivity index (χ1v) is 5.95. The average Bonchev–Trinajstić information content (AvgIpc) is 2.90. The molecule has 3 rings (SSSR count). The van der Waals surface area contributed by atoms with Crippen LogP contribution in [0.25, 0.3) is 0 Å². The van der Waals surface area contributed by atoms with E-state index in [1.54, 1.807) is 0 Å². The van der Waals surface area contributed by atoms with E-state index in [1.165, 1.54) is 5.56 Å². The summed E-state index contributed by atoms with van der Waals surface area (Å²) in [6.07, 6.45) is 0. The monoisotopic (exact) mass is 238 g/mol. The zero-order valence-corrected chi connectivity index (χ0v) is 9.91. The Hall–Kier alpha value is -2.29. The van der Waals surface area contributed by atoms with Crippen LogP contribution in [0, 0.1) is 0 Å². The second kappa shape index (κ2) is 4.53. The van der Waals surface area contributed by atoms with Crippen LogP contribution in [-0.4, -0.2) is 12.5 Å². The van der Waals surface area contributed by atoms with Crippen molar-refractivity contribution in [1.82, 2.24) is 0 Å². The third kappa shape index (κ3) is 1.95. The molecule has 0 fully saturated rings. The van der Waals surface area contributed by atoms with Crippen molar-refractivity contribution in [3.63, 3.8) is 0 Å². The summed E-state index contributed by atoms with van der Waals surface area (Å²) in [6, 6.07) is 17.9. The van der Waals surface area contributed by atoms with Crippen LogP contribution in [0.3, 0.4) is 0 Å². The largest absolute Gasteiger partial charge is 0.475 e. The lowest BCUT2D eigenvalue weighted by atomic mass is 10.1. The Labute approximate surface area is 106 Å². The van der Waals surface area contributed by atoms with Gasteiger partial charge in [0.15, 0.2) is 0 Å². The topological polar surface area (TPSA) is 47.6 Å². The van der Waals surface area contributed by atoms with Gasteiger partial charge in [-0.15, -0.1) is 0 Å². The number of nitrogens with two attached hydrogens (primary N) is 1. The van der Waals surface area contributed by atoms with E-state index >= 15 is 0 Å². The van der Waals surface area contributed by atoms with Crippen LogP contribution in [0.15, 0.2) is 59.6 Å². The van der Waals surface area contributed by atoms with Crippen molar-refractivity contribution in [1.29, 1.82) is 0 Å². The molecule has 90 valence electrons. The second-order valence-electron chi connectivity index (χ2n) is 4.26. The van der Waals surface area contributed by atoms with Crippen molar-refractivity contribution in [2.75, 3.05) is 12.3 Å². The van der Waals surface area contributed by atoms with Gasteiger partial charge >= 0.3 is 0 Å².